The predicted molar refractivity (Wildman–Crippen MR) is 72.4 cm³/mol. The van der Waals surface area contributed by atoms with E-state index in [1.165, 1.54) is 0 Å². The largest absolute Gasteiger partial charge is 0.399 e. The van der Waals surface area contributed by atoms with Crippen LogP contribution < -0.4 is 11.1 Å². The second kappa shape index (κ2) is 4.26. The van der Waals surface area contributed by atoms with Crippen LogP contribution in [0, 0.1) is 0 Å². The molecule has 0 saturated heterocycles. The number of hydrogen-bond acceptors (Lipinski definition) is 6. The van der Waals surface area contributed by atoms with Crippen LogP contribution in [0.5, 0.6) is 0 Å². The summed E-state index contributed by atoms with van der Waals surface area (Å²) in [6.07, 6.45) is 1.68. The van der Waals surface area contributed by atoms with E-state index in [1.807, 2.05) is 29.8 Å². The normalized spacial score (nSPS) is 10.9. The minimum atomic E-state index is 0.603. The van der Waals surface area contributed by atoms with E-state index in [0.29, 0.717) is 6.54 Å². The highest BCUT2D eigenvalue weighted by atomic mass is 32.1. The smallest absolute Gasteiger partial charge is 0.184 e. The number of rotatable bonds is 3. The van der Waals surface area contributed by atoms with Crippen molar-refractivity contribution in [2.75, 3.05) is 11.1 Å². The molecule has 0 aliphatic rings. The van der Waals surface area contributed by atoms with Crippen molar-refractivity contribution < 1.29 is 0 Å². The number of anilines is 2. The van der Waals surface area contributed by atoms with Gasteiger partial charge in [-0.25, -0.2) is 4.98 Å². The van der Waals surface area contributed by atoms with Crippen LogP contribution in [0.1, 0.15) is 5.82 Å². The molecule has 2 heterocycles. The molecule has 0 spiro atoms. The van der Waals surface area contributed by atoms with Crippen molar-refractivity contribution in [3.8, 4) is 0 Å². The average Bonchev–Trinajstić information content (AvgIpc) is 2.92. The number of fused-ring (bicyclic) bond motifs is 1. The zero-order valence-electron chi connectivity index (χ0n) is 9.79. The molecule has 0 aliphatic heterocycles. The van der Waals surface area contributed by atoms with E-state index >= 15 is 0 Å². The minimum absolute atomic E-state index is 0.603. The Kier molecular flexibility index (Phi) is 2.60. The maximum Gasteiger partial charge on any atom is 0.184 e. The molecular formula is C11H12N6S. The SMILES string of the molecule is Cn1cnnc1CNc1nc2ccc(N)cc2s1. The number of nitrogens with one attached hydrogen (secondary N) is 1. The lowest BCUT2D eigenvalue weighted by Crippen LogP contribution is -2.05. The van der Waals surface area contributed by atoms with Crippen LogP contribution in [0.25, 0.3) is 10.2 Å². The number of hydrogen-bond donors (Lipinski definition) is 2. The fraction of sp³-hybridized carbons (Fsp3) is 0.182. The Labute approximate surface area is 107 Å². The second-order valence-corrected chi connectivity index (χ2v) is 4.99. The summed E-state index contributed by atoms with van der Waals surface area (Å²) in [5.74, 6) is 0.869. The summed E-state index contributed by atoms with van der Waals surface area (Å²) in [5, 5.41) is 11.9. The highest BCUT2D eigenvalue weighted by molar-refractivity contribution is 7.22. The molecule has 2 aromatic heterocycles. The zero-order valence-corrected chi connectivity index (χ0v) is 10.6. The van der Waals surface area contributed by atoms with E-state index in [0.717, 1.165) is 26.9 Å². The lowest BCUT2D eigenvalue weighted by molar-refractivity contribution is 0.812. The van der Waals surface area contributed by atoms with Crippen molar-refractivity contribution in [1.29, 1.82) is 0 Å². The number of benzene rings is 1. The summed E-state index contributed by atoms with van der Waals surface area (Å²) in [6.45, 7) is 0.603. The fourth-order valence-electron chi connectivity index (χ4n) is 1.64. The first-order chi connectivity index (χ1) is 8.72. The lowest BCUT2D eigenvalue weighted by atomic mass is 10.3. The quantitative estimate of drug-likeness (QED) is 0.699. The highest BCUT2D eigenvalue weighted by Gasteiger charge is 2.05. The van der Waals surface area contributed by atoms with E-state index in [9.17, 15) is 0 Å². The number of nitrogen functional groups attached to an aromatic ring is 1. The molecule has 0 unspecified atom stereocenters. The Hall–Kier alpha value is -2.15. The number of aryl methyl sites for hydroxylation is 1. The standard InChI is InChI=1S/C11H12N6S/c1-17-6-14-16-10(17)5-13-11-15-8-3-2-7(12)4-9(8)18-11/h2-4,6H,5,12H2,1H3,(H,13,15). The number of thiazole rings is 1. The van der Waals surface area contributed by atoms with Crippen LogP contribution >= 0.6 is 11.3 Å². The van der Waals surface area contributed by atoms with E-state index in [-0.39, 0.29) is 0 Å². The van der Waals surface area contributed by atoms with Crippen LogP contribution in [0.2, 0.25) is 0 Å². The molecular weight excluding hydrogens is 248 g/mol. The van der Waals surface area contributed by atoms with Gasteiger partial charge in [0.1, 0.15) is 6.33 Å². The molecule has 0 fully saturated rings. The van der Waals surface area contributed by atoms with Crippen LogP contribution in [0.15, 0.2) is 24.5 Å². The van der Waals surface area contributed by atoms with Crippen LogP contribution in [-0.2, 0) is 13.6 Å². The lowest BCUT2D eigenvalue weighted by Gasteiger charge is -2.00. The third-order valence-electron chi connectivity index (χ3n) is 2.62. The van der Waals surface area contributed by atoms with Crippen molar-refractivity contribution in [2.45, 2.75) is 6.54 Å². The predicted octanol–water partition coefficient (Wildman–Crippen LogP) is 1.62. The third-order valence-corrected chi connectivity index (χ3v) is 3.59. The first kappa shape index (κ1) is 11.0. The van der Waals surface area contributed by atoms with Gasteiger partial charge in [0.05, 0.1) is 16.8 Å². The molecule has 0 radical (unpaired) electrons. The first-order valence-electron chi connectivity index (χ1n) is 5.45. The molecule has 3 rings (SSSR count). The summed E-state index contributed by atoms with van der Waals surface area (Å²) in [4.78, 5) is 4.48. The Morgan fingerprint density at radius 3 is 3.11 bits per heavy atom. The van der Waals surface area contributed by atoms with Crippen LogP contribution in [-0.4, -0.2) is 19.7 Å². The van der Waals surface area contributed by atoms with Gasteiger partial charge in [0, 0.05) is 12.7 Å². The topological polar surface area (TPSA) is 81.7 Å². The Morgan fingerprint density at radius 1 is 1.44 bits per heavy atom. The Bertz CT molecular complexity index is 686. The monoisotopic (exact) mass is 260 g/mol. The van der Waals surface area contributed by atoms with E-state index in [4.69, 9.17) is 5.73 Å². The Morgan fingerprint density at radius 2 is 2.33 bits per heavy atom. The number of nitrogens with zero attached hydrogens (tertiary/aromatic N) is 4. The van der Waals surface area contributed by atoms with Crippen LogP contribution in [0.3, 0.4) is 0 Å². The van der Waals surface area contributed by atoms with Gasteiger partial charge in [-0.2, -0.15) is 0 Å². The molecule has 3 N–H and O–H groups in total. The third kappa shape index (κ3) is 2.00. The van der Waals surface area contributed by atoms with Gasteiger partial charge in [0.25, 0.3) is 0 Å². The van der Waals surface area contributed by atoms with Crippen molar-refractivity contribution >= 4 is 32.4 Å². The maximum absolute atomic E-state index is 5.74. The summed E-state index contributed by atoms with van der Waals surface area (Å²) >= 11 is 1.58. The van der Waals surface area contributed by atoms with Gasteiger partial charge in [-0.1, -0.05) is 11.3 Å². The summed E-state index contributed by atoms with van der Waals surface area (Å²) in [6, 6.07) is 5.71. The van der Waals surface area contributed by atoms with Crippen molar-refractivity contribution in [2.24, 2.45) is 7.05 Å². The zero-order chi connectivity index (χ0) is 12.5. The molecule has 0 saturated carbocycles. The minimum Gasteiger partial charge on any atom is -0.399 e. The Balaban J connectivity index is 1.81. The second-order valence-electron chi connectivity index (χ2n) is 3.96. The van der Waals surface area contributed by atoms with Gasteiger partial charge in [0.15, 0.2) is 11.0 Å². The maximum atomic E-state index is 5.74. The van der Waals surface area contributed by atoms with E-state index in [1.54, 1.807) is 17.7 Å². The molecule has 0 bridgehead atoms. The molecule has 0 atom stereocenters. The number of nitrogens with two attached hydrogens (primary N) is 1. The molecule has 0 amide bonds. The molecule has 92 valence electrons. The summed E-state index contributed by atoms with van der Waals surface area (Å²) in [7, 11) is 1.91. The summed E-state index contributed by atoms with van der Waals surface area (Å²) in [5.41, 5.74) is 7.45. The van der Waals surface area contributed by atoms with Crippen molar-refractivity contribution in [3.05, 3.63) is 30.4 Å². The van der Waals surface area contributed by atoms with Crippen LogP contribution in [0.4, 0.5) is 10.8 Å². The summed E-state index contributed by atoms with van der Waals surface area (Å²) < 4.78 is 2.95. The first-order valence-corrected chi connectivity index (χ1v) is 6.27. The molecule has 7 heteroatoms. The molecule has 18 heavy (non-hydrogen) atoms. The van der Waals surface area contributed by atoms with Gasteiger partial charge in [0.2, 0.25) is 0 Å². The van der Waals surface area contributed by atoms with Crippen molar-refractivity contribution in [3.63, 3.8) is 0 Å². The van der Waals surface area contributed by atoms with Gasteiger partial charge in [-0.05, 0) is 18.2 Å². The van der Waals surface area contributed by atoms with Crippen molar-refractivity contribution in [1.82, 2.24) is 19.7 Å². The molecule has 1 aromatic carbocycles. The molecule has 6 nitrogen and oxygen atoms in total. The van der Waals surface area contributed by atoms with Gasteiger partial charge < -0.3 is 15.6 Å². The fourth-order valence-corrected chi connectivity index (χ4v) is 2.55. The average molecular weight is 260 g/mol. The molecule has 0 aliphatic carbocycles. The van der Waals surface area contributed by atoms with Gasteiger partial charge in [-0.3, -0.25) is 0 Å². The van der Waals surface area contributed by atoms with E-state index in [2.05, 4.69) is 20.5 Å². The van der Waals surface area contributed by atoms with E-state index < -0.39 is 0 Å². The number of aromatic nitrogens is 4. The molecule has 3 aromatic rings. The van der Waals surface area contributed by atoms with Gasteiger partial charge in [-0.15, -0.1) is 10.2 Å². The highest BCUT2D eigenvalue weighted by Crippen LogP contribution is 2.27. The van der Waals surface area contributed by atoms with Gasteiger partial charge >= 0.3 is 0 Å².